The Morgan fingerprint density at radius 2 is 1.88 bits per heavy atom. The van der Waals surface area contributed by atoms with Crippen molar-refractivity contribution in [2.75, 3.05) is 7.11 Å². The zero-order chi connectivity index (χ0) is 17.4. The Hall–Kier alpha value is -2.62. The van der Waals surface area contributed by atoms with E-state index in [4.69, 9.17) is 4.74 Å². The highest BCUT2D eigenvalue weighted by Gasteiger charge is 2.24. The molecule has 0 N–H and O–H groups in total. The van der Waals surface area contributed by atoms with E-state index in [1.807, 2.05) is 12.1 Å². The summed E-state index contributed by atoms with van der Waals surface area (Å²) in [5, 5.41) is 1.14. The second-order valence-electron chi connectivity index (χ2n) is 6.54. The number of hydrogen-bond donors (Lipinski definition) is 0. The van der Waals surface area contributed by atoms with Crippen molar-refractivity contribution in [1.82, 2.24) is 4.57 Å². The third-order valence-corrected chi connectivity index (χ3v) is 5.05. The van der Waals surface area contributed by atoms with E-state index < -0.39 is 0 Å². The van der Waals surface area contributed by atoms with Crippen LogP contribution in [0.25, 0.3) is 10.9 Å². The number of fused-ring (bicyclic) bond motifs is 3. The van der Waals surface area contributed by atoms with Crippen LogP contribution >= 0.6 is 0 Å². The maximum absolute atomic E-state index is 13.2. The van der Waals surface area contributed by atoms with E-state index in [-0.39, 0.29) is 11.8 Å². The molecule has 0 atom stereocenters. The zero-order valence-corrected chi connectivity index (χ0v) is 14.2. The summed E-state index contributed by atoms with van der Waals surface area (Å²) in [6.45, 7) is 0.625. The molecular formula is C21H20FNO2. The average molecular weight is 337 g/mol. The molecule has 0 unspecified atom stereocenters. The van der Waals surface area contributed by atoms with E-state index >= 15 is 0 Å². The van der Waals surface area contributed by atoms with Gasteiger partial charge in [0.15, 0.2) is 0 Å². The van der Waals surface area contributed by atoms with Gasteiger partial charge in [0.1, 0.15) is 5.82 Å². The Morgan fingerprint density at radius 3 is 2.64 bits per heavy atom. The number of halogens is 1. The molecule has 1 aromatic heterocycles. The fourth-order valence-electron chi connectivity index (χ4n) is 3.91. The van der Waals surface area contributed by atoms with E-state index in [9.17, 15) is 9.18 Å². The maximum atomic E-state index is 13.2. The molecule has 0 fully saturated rings. The summed E-state index contributed by atoms with van der Waals surface area (Å²) in [6.07, 6.45) is 4.37. The van der Waals surface area contributed by atoms with Gasteiger partial charge in [0.25, 0.3) is 0 Å². The number of rotatable bonds is 3. The molecule has 0 aliphatic heterocycles. The molecule has 1 heterocycles. The number of carbonyl (C=O) groups excluding carboxylic acids is 1. The number of carbonyl (C=O) groups is 1. The van der Waals surface area contributed by atoms with Gasteiger partial charge in [0, 0.05) is 17.6 Å². The number of ether oxygens (including phenoxy) is 1. The molecule has 0 radical (unpaired) electrons. The molecule has 3 aromatic rings. The molecule has 0 saturated carbocycles. The van der Waals surface area contributed by atoms with Gasteiger partial charge >= 0.3 is 5.97 Å². The molecule has 0 bridgehead atoms. The third-order valence-electron chi connectivity index (χ3n) is 5.05. The van der Waals surface area contributed by atoms with Gasteiger partial charge in [0.2, 0.25) is 0 Å². The van der Waals surface area contributed by atoms with E-state index in [0.29, 0.717) is 12.1 Å². The molecule has 4 heteroatoms. The number of methoxy groups -OCH3 is 1. The Labute approximate surface area is 146 Å². The second kappa shape index (κ2) is 6.36. The standard InChI is InChI=1S/C21H20FNO2/c1-25-21(24)18-7-4-6-17-16-5-2-3-8-19(16)23(20(17)18)13-14-9-11-15(22)12-10-14/h4,6-7,9-12H,2-3,5,8,13H2,1H3. The maximum Gasteiger partial charge on any atom is 0.340 e. The Kier molecular flexibility index (Phi) is 4.04. The van der Waals surface area contributed by atoms with Gasteiger partial charge < -0.3 is 9.30 Å². The van der Waals surface area contributed by atoms with E-state index in [2.05, 4.69) is 10.6 Å². The average Bonchev–Trinajstić information content (AvgIpc) is 2.97. The summed E-state index contributed by atoms with van der Waals surface area (Å²) >= 11 is 0. The van der Waals surface area contributed by atoms with Crippen molar-refractivity contribution >= 4 is 16.9 Å². The van der Waals surface area contributed by atoms with E-state index in [0.717, 1.165) is 35.7 Å². The Bertz CT molecular complexity index is 941. The van der Waals surface area contributed by atoms with Crippen LogP contribution in [0.3, 0.4) is 0 Å². The van der Waals surface area contributed by atoms with Gasteiger partial charge in [-0.05, 0) is 55.0 Å². The van der Waals surface area contributed by atoms with E-state index in [1.165, 1.54) is 36.9 Å². The van der Waals surface area contributed by atoms with Crippen LogP contribution in [0.2, 0.25) is 0 Å². The lowest BCUT2D eigenvalue weighted by atomic mass is 9.95. The van der Waals surface area contributed by atoms with Crippen molar-refractivity contribution in [2.24, 2.45) is 0 Å². The van der Waals surface area contributed by atoms with Gasteiger partial charge in [-0.15, -0.1) is 0 Å². The number of benzene rings is 2. The zero-order valence-electron chi connectivity index (χ0n) is 14.2. The first-order valence-corrected chi connectivity index (χ1v) is 8.64. The highest BCUT2D eigenvalue weighted by atomic mass is 19.1. The Balaban J connectivity index is 1.94. The van der Waals surface area contributed by atoms with Crippen molar-refractivity contribution in [3.8, 4) is 0 Å². The van der Waals surface area contributed by atoms with Crippen LogP contribution in [-0.4, -0.2) is 17.6 Å². The SMILES string of the molecule is COC(=O)c1cccc2c3c(n(Cc4ccc(F)cc4)c12)CCCC3. The third kappa shape index (κ3) is 2.72. The van der Waals surface area contributed by atoms with Crippen LogP contribution in [-0.2, 0) is 24.1 Å². The quantitative estimate of drug-likeness (QED) is 0.659. The highest BCUT2D eigenvalue weighted by Crippen LogP contribution is 2.34. The first-order chi connectivity index (χ1) is 12.2. The number of aromatic nitrogens is 1. The van der Waals surface area contributed by atoms with Crippen molar-refractivity contribution in [3.63, 3.8) is 0 Å². The molecule has 0 spiro atoms. The molecule has 25 heavy (non-hydrogen) atoms. The van der Waals surface area contributed by atoms with Crippen LogP contribution in [0.15, 0.2) is 42.5 Å². The first-order valence-electron chi connectivity index (χ1n) is 8.64. The van der Waals surface area contributed by atoms with Crippen LogP contribution in [0.5, 0.6) is 0 Å². The van der Waals surface area contributed by atoms with Crippen LogP contribution < -0.4 is 0 Å². The summed E-state index contributed by atoms with van der Waals surface area (Å²) in [7, 11) is 1.41. The lowest BCUT2D eigenvalue weighted by Crippen LogP contribution is -2.11. The van der Waals surface area contributed by atoms with Gasteiger partial charge in [-0.25, -0.2) is 9.18 Å². The minimum atomic E-state index is -0.319. The topological polar surface area (TPSA) is 31.2 Å². The predicted molar refractivity (Wildman–Crippen MR) is 95.4 cm³/mol. The molecule has 2 aromatic carbocycles. The molecule has 128 valence electrons. The summed E-state index contributed by atoms with van der Waals surface area (Å²) in [4.78, 5) is 12.3. The minimum Gasteiger partial charge on any atom is -0.465 e. The van der Waals surface area contributed by atoms with Crippen molar-refractivity contribution < 1.29 is 13.9 Å². The number of esters is 1. The highest BCUT2D eigenvalue weighted by molar-refractivity contribution is 6.04. The molecule has 0 saturated heterocycles. The molecule has 1 aliphatic carbocycles. The molecule has 1 aliphatic rings. The van der Waals surface area contributed by atoms with Gasteiger partial charge in [-0.1, -0.05) is 24.3 Å². The van der Waals surface area contributed by atoms with Crippen molar-refractivity contribution in [1.29, 1.82) is 0 Å². The molecule has 0 amide bonds. The number of aryl methyl sites for hydroxylation is 1. The normalized spacial score (nSPS) is 13.7. The summed E-state index contributed by atoms with van der Waals surface area (Å²) < 4.78 is 20.5. The summed E-state index contributed by atoms with van der Waals surface area (Å²) in [5.41, 5.74) is 5.18. The minimum absolute atomic E-state index is 0.238. The predicted octanol–water partition coefficient (Wildman–Crippen LogP) is 4.49. The Morgan fingerprint density at radius 1 is 1.12 bits per heavy atom. The van der Waals surface area contributed by atoms with Crippen LogP contribution in [0, 0.1) is 5.82 Å². The molecular weight excluding hydrogens is 317 g/mol. The summed E-state index contributed by atoms with van der Waals surface area (Å²) in [6, 6.07) is 12.4. The lowest BCUT2D eigenvalue weighted by molar-refractivity contribution is 0.0602. The van der Waals surface area contributed by atoms with Crippen LogP contribution in [0.1, 0.15) is 40.0 Å². The van der Waals surface area contributed by atoms with Gasteiger partial charge in [-0.2, -0.15) is 0 Å². The van der Waals surface area contributed by atoms with E-state index in [1.54, 1.807) is 12.1 Å². The number of nitrogens with zero attached hydrogens (tertiary/aromatic N) is 1. The van der Waals surface area contributed by atoms with Gasteiger partial charge in [0.05, 0.1) is 18.2 Å². The monoisotopic (exact) mass is 337 g/mol. The smallest absolute Gasteiger partial charge is 0.340 e. The lowest BCUT2D eigenvalue weighted by Gasteiger charge is -2.16. The molecule has 3 nitrogen and oxygen atoms in total. The van der Waals surface area contributed by atoms with Gasteiger partial charge in [-0.3, -0.25) is 0 Å². The second-order valence-corrected chi connectivity index (χ2v) is 6.54. The van der Waals surface area contributed by atoms with Crippen LogP contribution in [0.4, 0.5) is 4.39 Å². The summed E-state index contributed by atoms with van der Waals surface area (Å²) in [5.74, 6) is -0.556. The first kappa shape index (κ1) is 15.9. The molecule has 4 rings (SSSR count). The van der Waals surface area contributed by atoms with Crippen molar-refractivity contribution in [3.05, 3.63) is 70.7 Å². The fourth-order valence-corrected chi connectivity index (χ4v) is 3.91. The van der Waals surface area contributed by atoms with Crippen molar-refractivity contribution in [2.45, 2.75) is 32.2 Å². The number of para-hydroxylation sites is 1. The number of hydrogen-bond acceptors (Lipinski definition) is 2. The largest absolute Gasteiger partial charge is 0.465 e. The fraction of sp³-hybridized carbons (Fsp3) is 0.286.